The summed E-state index contributed by atoms with van der Waals surface area (Å²) in [6.45, 7) is 8.68. The summed E-state index contributed by atoms with van der Waals surface area (Å²) in [6.07, 6.45) is 8.47. The molecular weight excluding hydrogens is 603 g/mol. The number of aryl methyl sites for hydroxylation is 4. The van der Waals surface area contributed by atoms with E-state index in [0.29, 0.717) is 0 Å². The molecule has 0 aliphatic heterocycles. The maximum Gasteiger partial charge on any atom is 0.123 e. The average Bonchev–Trinajstić information content (AvgIpc) is 3.14. The van der Waals surface area contributed by atoms with Crippen LogP contribution in [0.3, 0.4) is 0 Å². The first-order chi connectivity index (χ1) is 23.9. The third-order valence-electron chi connectivity index (χ3n) is 8.62. The molecule has 0 fully saturated rings. The van der Waals surface area contributed by atoms with Crippen molar-refractivity contribution in [3.05, 3.63) is 179 Å². The topological polar surface area (TPSA) is 0 Å². The van der Waals surface area contributed by atoms with E-state index in [9.17, 15) is 8.78 Å². The van der Waals surface area contributed by atoms with E-state index in [1.54, 1.807) is 12.1 Å². The Labute approximate surface area is 293 Å². The molecule has 0 saturated carbocycles. The Morgan fingerprint density at radius 3 is 1.02 bits per heavy atom. The van der Waals surface area contributed by atoms with E-state index in [4.69, 9.17) is 0 Å². The number of rotatable bonds is 10. The van der Waals surface area contributed by atoms with Crippen LogP contribution >= 0.6 is 0 Å². The molecule has 6 aromatic carbocycles. The van der Waals surface area contributed by atoms with Crippen LogP contribution in [0.5, 0.6) is 0 Å². The summed E-state index contributed by atoms with van der Waals surface area (Å²) in [6, 6.07) is 47.8. The van der Waals surface area contributed by atoms with Crippen LogP contribution in [-0.4, -0.2) is 0 Å². The Morgan fingerprint density at radius 1 is 0.347 bits per heavy atom. The van der Waals surface area contributed by atoms with Gasteiger partial charge in [-0.05, 0) is 107 Å². The highest BCUT2D eigenvalue weighted by atomic mass is 19.1. The number of hydrogen-bond acceptors (Lipinski definition) is 0. The van der Waals surface area contributed by atoms with Crippen molar-refractivity contribution in [2.45, 2.75) is 72.6 Å². The van der Waals surface area contributed by atoms with Gasteiger partial charge < -0.3 is 0 Å². The van der Waals surface area contributed by atoms with Gasteiger partial charge in [0, 0.05) is 0 Å². The zero-order valence-electron chi connectivity index (χ0n) is 29.6. The summed E-state index contributed by atoms with van der Waals surface area (Å²) in [4.78, 5) is 0. The molecule has 0 nitrogen and oxygen atoms in total. The van der Waals surface area contributed by atoms with Crippen LogP contribution in [0.1, 0.15) is 68.7 Å². The Morgan fingerprint density at radius 2 is 0.673 bits per heavy atom. The first-order valence-corrected chi connectivity index (χ1v) is 17.7. The van der Waals surface area contributed by atoms with Gasteiger partial charge in [0.05, 0.1) is 0 Å². The van der Waals surface area contributed by atoms with Crippen molar-refractivity contribution in [2.75, 3.05) is 0 Å². The van der Waals surface area contributed by atoms with Crippen molar-refractivity contribution in [2.24, 2.45) is 0 Å². The molecule has 49 heavy (non-hydrogen) atoms. The van der Waals surface area contributed by atoms with Gasteiger partial charge in [-0.3, -0.25) is 0 Å². The summed E-state index contributed by atoms with van der Waals surface area (Å²) in [7, 11) is 0. The van der Waals surface area contributed by atoms with E-state index >= 15 is 0 Å². The molecule has 0 bridgehead atoms. The molecule has 0 saturated heterocycles. The van der Waals surface area contributed by atoms with Gasteiger partial charge >= 0.3 is 0 Å². The van der Waals surface area contributed by atoms with Gasteiger partial charge in [0.1, 0.15) is 11.6 Å². The highest BCUT2D eigenvalue weighted by Gasteiger charge is 2.00. The maximum absolute atomic E-state index is 12.8. The molecule has 6 rings (SSSR count). The first kappa shape index (κ1) is 37.0. The third-order valence-corrected chi connectivity index (χ3v) is 8.62. The minimum Gasteiger partial charge on any atom is -0.207 e. The summed E-state index contributed by atoms with van der Waals surface area (Å²) < 4.78 is 25.5. The molecule has 0 aliphatic rings. The molecule has 0 atom stereocenters. The Balaban J connectivity index is 0.000000166. The maximum atomic E-state index is 12.8. The molecule has 0 radical (unpaired) electrons. The van der Waals surface area contributed by atoms with Gasteiger partial charge in [-0.25, -0.2) is 8.78 Å². The molecule has 6 aromatic rings. The van der Waals surface area contributed by atoms with Gasteiger partial charge in [-0.2, -0.15) is 0 Å². The van der Waals surface area contributed by atoms with Crippen LogP contribution in [0.2, 0.25) is 0 Å². The largest absolute Gasteiger partial charge is 0.207 e. The second-order valence-electron chi connectivity index (χ2n) is 12.5. The predicted octanol–water partition coefficient (Wildman–Crippen LogP) is 13.9. The van der Waals surface area contributed by atoms with Gasteiger partial charge in [0.25, 0.3) is 0 Å². The van der Waals surface area contributed by atoms with E-state index in [-0.39, 0.29) is 11.6 Å². The van der Waals surface area contributed by atoms with Crippen LogP contribution in [-0.2, 0) is 19.3 Å². The molecule has 0 aromatic heterocycles. The molecule has 2 heteroatoms. The lowest BCUT2D eigenvalue weighted by Crippen LogP contribution is -1.86. The van der Waals surface area contributed by atoms with Crippen LogP contribution in [0.4, 0.5) is 8.78 Å². The fourth-order valence-corrected chi connectivity index (χ4v) is 5.56. The quantitative estimate of drug-likeness (QED) is 0.129. The van der Waals surface area contributed by atoms with Crippen LogP contribution < -0.4 is 0 Å². The first-order valence-electron chi connectivity index (χ1n) is 17.7. The van der Waals surface area contributed by atoms with Crippen molar-refractivity contribution in [1.29, 1.82) is 0 Å². The minimum atomic E-state index is -0.191. The molecule has 0 unspecified atom stereocenters. The smallest absolute Gasteiger partial charge is 0.123 e. The fraction of sp³-hybridized carbons (Fsp3) is 0.234. The van der Waals surface area contributed by atoms with Crippen molar-refractivity contribution >= 4 is 0 Å². The van der Waals surface area contributed by atoms with Crippen molar-refractivity contribution < 1.29 is 8.78 Å². The van der Waals surface area contributed by atoms with Crippen LogP contribution in [0, 0.1) is 18.6 Å². The lowest BCUT2D eigenvalue weighted by atomic mass is 10.0. The second kappa shape index (κ2) is 19.9. The third kappa shape index (κ3) is 12.3. The molecule has 0 amide bonds. The molecule has 0 N–H and O–H groups in total. The Kier molecular flexibility index (Phi) is 15.0. The molecule has 252 valence electrons. The molecule has 0 spiro atoms. The second-order valence-corrected chi connectivity index (χ2v) is 12.5. The van der Waals surface area contributed by atoms with Crippen LogP contribution in [0.15, 0.2) is 146 Å². The Bertz CT molecular complexity index is 1770. The zero-order valence-corrected chi connectivity index (χ0v) is 29.6. The normalized spacial score (nSPS) is 10.4. The number of hydrogen-bond donors (Lipinski definition) is 0. The van der Waals surface area contributed by atoms with Crippen molar-refractivity contribution in [3.63, 3.8) is 0 Å². The zero-order chi connectivity index (χ0) is 34.8. The molecule has 0 aliphatic carbocycles. The minimum absolute atomic E-state index is 0.189. The number of unbranched alkanes of at least 4 members (excludes halogenated alkanes) is 2. The van der Waals surface area contributed by atoms with E-state index in [1.165, 1.54) is 83.3 Å². The van der Waals surface area contributed by atoms with E-state index in [1.807, 2.05) is 12.1 Å². The van der Waals surface area contributed by atoms with Gasteiger partial charge in [0.2, 0.25) is 0 Å². The van der Waals surface area contributed by atoms with Crippen molar-refractivity contribution in [1.82, 2.24) is 0 Å². The summed E-state index contributed by atoms with van der Waals surface area (Å²) in [5, 5.41) is 0. The van der Waals surface area contributed by atoms with E-state index < -0.39 is 0 Å². The van der Waals surface area contributed by atoms with E-state index in [2.05, 4.69) is 125 Å². The van der Waals surface area contributed by atoms with Gasteiger partial charge in [0.15, 0.2) is 0 Å². The highest BCUT2D eigenvalue weighted by Crippen LogP contribution is 2.23. The van der Waals surface area contributed by atoms with Gasteiger partial charge in [-0.15, -0.1) is 0 Å². The summed E-state index contributed by atoms with van der Waals surface area (Å²) >= 11 is 0. The SMILES string of the molecule is CCCCCc1ccc(-c2ccc(C)cc2)cc1.CCCc1ccc(-c2ccc(F)cc2)cc1.CCc1ccc(-c2ccc(F)cc2)cc1. The average molecular weight is 653 g/mol. The lowest BCUT2D eigenvalue weighted by molar-refractivity contribution is 0.627. The number of benzene rings is 6. The fourth-order valence-electron chi connectivity index (χ4n) is 5.56. The van der Waals surface area contributed by atoms with Crippen molar-refractivity contribution in [3.8, 4) is 33.4 Å². The number of halogens is 2. The molecule has 0 heterocycles. The van der Waals surface area contributed by atoms with Gasteiger partial charge in [-0.1, -0.05) is 167 Å². The predicted molar refractivity (Wildman–Crippen MR) is 207 cm³/mol. The summed E-state index contributed by atoms with van der Waals surface area (Å²) in [5.41, 5.74) is 12.5. The summed E-state index contributed by atoms with van der Waals surface area (Å²) in [5.74, 6) is -0.379. The standard InChI is InChI=1S/C18H22.C15H15F.C14H13F/c1-3-4-5-6-16-9-13-18(14-10-16)17-11-7-15(2)8-12-17;1-2-3-12-4-6-13(7-5-12)14-8-10-15(16)11-9-14;1-2-11-3-5-12(6-4-11)13-7-9-14(15)10-8-13/h7-14H,3-6H2,1-2H3;4-11H,2-3H2,1H3;3-10H,2H2,1H3. The van der Waals surface area contributed by atoms with E-state index in [0.717, 1.165) is 41.5 Å². The highest BCUT2D eigenvalue weighted by molar-refractivity contribution is 5.65. The Hall–Kier alpha value is -4.82. The lowest BCUT2D eigenvalue weighted by Gasteiger charge is -2.05. The van der Waals surface area contributed by atoms with Crippen LogP contribution in [0.25, 0.3) is 33.4 Å². The molecular formula is C47H50F2. The monoisotopic (exact) mass is 652 g/mol.